The molecular weight excluding hydrogens is 1790 g/mol. The number of hydroxylamine groups is 12. The lowest BCUT2D eigenvalue weighted by Crippen LogP contribution is -2.50. The molecule has 0 bridgehead atoms. The molecule has 18 amide bonds. The molecule has 756 valence electrons. The van der Waals surface area contributed by atoms with Crippen LogP contribution in [0.15, 0.2) is 0 Å². The van der Waals surface area contributed by atoms with Gasteiger partial charge in [-0.1, -0.05) is 83.1 Å². The van der Waals surface area contributed by atoms with E-state index in [1.807, 2.05) is 104 Å². The van der Waals surface area contributed by atoms with Crippen molar-refractivity contribution in [2.45, 2.75) is 261 Å². The standard InChI is InChI=1S/2C15H25N3O5.4C14H23N3O5/c2*1-9(2)8-11(17(4)5)14(21)16-10(3)15(22)23-18-12(19)6-7-13(18)20;4*1-9(2)7-10(16(3)4)14(21)15-8-13(20)22-17-11(18)5-6-12(17)19/h2*9-11H,6-8H2,1-5H3,(H,16,21);4*9-10H,5-8H2,1-4H3,(H,15,21)/i14+1,17+1;;8D2,14+1,16+1,20+2,21+2;8D2,14+1,15+1,20+2,21+2;3D,8D2,14+1,16+1,21+2;3D,8D2,20+2,21+2. The summed E-state index contributed by atoms with van der Waals surface area (Å²) in [6.45, 7) is 14.4. The number of hydrogen-bond donors (Lipinski definition) is 6. The van der Waals surface area contributed by atoms with Gasteiger partial charge in [-0.2, -0.15) is 0 Å². The van der Waals surface area contributed by atoms with Crippen molar-refractivity contribution in [3.63, 3.8) is 0 Å². The second-order valence-corrected chi connectivity index (χ2v) is 35.0. The number of rotatable bonds is 42. The van der Waals surface area contributed by atoms with Crippen molar-refractivity contribution >= 4 is 142 Å². The Kier molecular flexibility index (Phi) is 45.3. The summed E-state index contributed by atoms with van der Waals surface area (Å²) in [5, 5.41) is 14.8. The number of carbonyl (C=O) groups is 24. The van der Waals surface area contributed by atoms with Crippen molar-refractivity contribution in [3.8, 4) is 0 Å². The van der Waals surface area contributed by atoms with Gasteiger partial charge in [-0.05, 0) is 172 Å². The van der Waals surface area contributed by atoms with Gasteiger partial charge >= 0.3 is 35.8 Å². The van der Waals surface area contributed by atoms with Crippen molar-refractivity contribution in [1.82, 2.24) is 91.7 Å². The lowest BCUT2D eigenvalue weighted by Gasteiger charge is -2.26. The van der Waals surface area contributed by atoms with Crippen LogP contribution >= 0.6 is 0 Å². The van der Waals surface area contributed by atoms with Crippen LogP contribution in [0.4, 0.5) is 0 Å². The van der Waals surface area contributed by atoms with Gasteiger partial charge in [0.05, 0.1) is 47.2 Å². The van der Waals surface area contributed by atoms with Crippen molar-refractivity contribution in [1.29, 1.82) is 0 Å². The Bertz CT molecular complexity index is 4230. The summed E-state index contributed by atoms with van der Waals surface area (Å²) < 4.78 is 76.1. The van der Waals surface area contributed by atoms with E-state index >= 15 is 0 Å². The molecule has 8 atom stereocenters. The number of nitrogens with zero attached hydrogens (tertiary/aromatic N) is 12. The largest absolute Gasteiger partial charge is 0.354 e. The van der Waals surface area contributed by atoms with Gasteiger partial charge in [-0.15, -0.1) is 30.4 Å². The predicted molar refractivity (Wildman–Crippen MR) is 472 cm³/mol. The highest BCUT2D eigenvalue weighted by molar-refractivity contribution is 6.06. The third kappa shape index (κ3) is 43.5. The molecule has 48 nitrogen and oxygen atoms in total. The van der Waals surface area contributed by atoms with E-state index in [-0.39, 0.29) is 159 Å². The average Bonchev–Trinajstić information content (AvgIpc) is 1.35. The Balaban J connectivity index is 0.000000864. The zero-order valence-corrected chi connectivity index (χ0v) is 80.8. The van der Waals surface area contributed by atoms with E-state index in [0.717, 1.165) is 0 Å². The fourth-order valence-electron chi connectivity index (χ4n) is 12.1. The van der Waals surface area contributed by atoms with Gasteiger partial charge in [0.15, 0.2) is 0 Å². The molecular formula is C86H142N18O30. The minimum absolute atomic E-state index is 0.0317. The summed E-state index contributed by atoms with van der Waals surface area (Å²) in [6, 6.07) is -5.56. The lowest BCUT2D eigenvalue weighted by atomic mass is 10.0. The second kappa shape index (κ2) is 59.1. The third-order valence-electron chi connectivity index (χ3n) is 19.2. The number of likely N-dealkylation sites (N-methyl/N-ethyl adjacent to an activating group) is 6. The van der Waals surface area contributed by atoms with E-state index in [2.05, 4.69) is 30.0 Å². The molecule has 6 saturated heterocycles. The van der Waals surface area contributed by atoms with Crippen LogP contribution in [0, 0.1) is 35.5 Å². The molecule has 6 aliphatic heterocycles. The second-order valence-electron chi connectivity index (χ2n) is 35.0. The minimum Gasteiger partial charge on any atom is -0.344 e. The van der Waals surface area contributed by atoms with Crippen LogP contribution in [0.5, 0.6) is 0 Å². The highest BCUT2D eigenvalue weighted by atomic mass is 18.1. The normalized spacial score (nSPS) is 18.3. The Labute approximate surface area is 796 Å². The van der Waals surface area contributed by atoms with Crippen LogP contribution in [0.25, 0.3) is 0 Å². The molecule has 0 aromatic carbocycles. The van der Waals surface area contributed by atoms with E-state index < -0.39 is 193 Å². The highest BCUT2D eigenvalue weighted by Gasteiger charge is 2.41. The van der Waals surface area contributed by atoms with E-state index in [4.69, 9.17) is 23.4 Å². The molecule has 6 fully saturated rings. The molecule has 0 spiro atoms. The number of hydrogen-bond acceptors (Lipinski definition) is 36. The van der Waals surface area contributed by atoms with Gasteiger partial charge in [-0.3, -0.25) is 116 Å². The summed E-state index contributed by atoms with van der Waals surface area (Å²) in [7, 11) is 16.5. The smallest absolute Gasteiger partial charge is 0.344 e. The van der Waals surface area contributed by atoms with Crippen molar-refractivity contribution < 1.29 is 158 Å². The van der Waals surface area contributed by atoms with Crippen LogP contribution in [0.1, 0.15) is 226 Å². The van der Waals surface area contributed by atoms with Crippen LogP contribution in [-0.2, 0) is 144 Å². The van der Waals surface area contributed by atoms with Gasteiger partial charge in [-0.25, -0.2) is 28.8 Å². The topological polar surface area (TPSA) is 576 Å². The predicted octanol–water partition coefficient (Wildman–Crippen LogP) is -1.11. The van der Waals surface area contributed by atoms with Crippen molar-refractivity contribution in [2.75, 3.05) is 111 Å². The third-order valence-corrected chi connectivity index (χ3v) is 19.2. The molecule has 0 saturated carbocycles. The maximum atomic E-state index is 12.3. The van der Waals surface area contributed by atoms with Crippen LogP contribution in [-0.4, -0.2) is 361 Å². The first-order chi connectivity index (χ1) is 66.1. The number of carbonyl (C=O) groups excluding carboxylic acids is 24. The average molecular weight is 1940 g/mol. The number of amides is 18. The van der Waals surface area contributed by atoms with Gasteiger partial charge in [0.25, 0.3) is 70.9 Å². The molecule has 134 heavy (non-hydrogen) atoms. The maximum Gasteiger partial charge on any atom is 0.354 e. The lowest BCUT2D eigenvalue weighted by molar-refractivity contribution is -0.198. The molecule has 6 N–H and O–H groups in total. The molecule has 0 aromatic rings. The molecule has 6 rings (SSSR count). The maximum absolute atomic E-state index is 12.3. The van der Waals surface area contributed by atoms with E-state index in [9.17, 15) is 115 Å². The van der Waals surface area contributed by atoms with E-state index in [0.29, 0.717) is 60.5 Å². The molecule has 0 radical (unpaired) electrons. The van der Waals surface area contributed by atoms with Gasteiger partial charge in [0.2, 0.25) is 35.4 Å². The zero-order chi connectivity index (χ0) is 111. The quantitative estimate of drug-likeness (QED) is 0.0183. The van der Waals surface area contributed by atoms with Crippen molar-refractivity contribution in [2.24, 2.45) is 35.5 Å². The van der Waals surface area contributed by atoms with E-state index in [1.165, 1.54) is 37.7 Å². The summed E-state index contributed by atoms with van der Waals surface area (Å²) in [5.74, 6) is -18.3. The zero-order valence-electron chi connectivity index (χ0n) is 90.8. The van der Waals surface area contributed by atoms with Gasteiger partial charge in [0, 0.05) is 79.8 Å². The highest BCUT2D eigenvalue weighted by Crippen LogP contribution is 2.21. The monoisotopic (exact) mass is 1940 g/mol. The molecule has 6 heterocycles. The summed E-state index contributed by atoms with van der Waals surface area (Å²) in [6.07, 6.45) is 2.19. The minimum atomic E-state index is -2.93. The van der Waals surface area contributed by atoms with Crippen LogP contribution < -0.4 is 31.9 Å². The molecule has 0 aliphatic carbocycles. The Morgan fingerprint density at radius 1 is 0.284 bits per heavy atom. The fraction of sp³-hybridized carbons (Fsp3) is 0.721. The first kappa shape index (κ1) is 103. The molecule has 48 heteroatoms. The van der Waals surface area contributed by atoms with Crippen LogP contribution in [0.3, 0.4) is 0 Å². The summed E-state index contributed by atoms with van der Waals surface area (Å²) in [4.78, 5) is 319. The molecule has 8 unspecified atom stereocenters. The Morgan fingerprint density at radius 2 is 0.455 bits per heavy atom. The Hall–Kier alpha value is -11.8. The van der Waals surface area contributed by atoms with Gasteiger partial charge in [0.1, 0.15) is 38.1 Å². The Morgan fingerprint density at radius 3 is 0.642 bits per heavy atom. The SMILES string of the molecule is CC(C)CC(C(=O)NC(C)C(=O)ON1C(=O)CCC1=O)N(C)C.CC(C)CC([13C](=O)NC(C)C(=O)ON1C(=O)CCC1=O)[15N](C)C.[2H]C([2H])(N[13C](=[18O])C(CC(C)C)[15N](C)C)C(=[18O])ON1C(=O)CCC1=O.[2H]C([2H])([15NH][13C](=[18O])C(CC(C)C)N(C)C)C(=[18O])ON1C(=O)CCC1=O.[2H]CN(C)C(CC(C)C)C(=[18O])NC([2H])([2H])C(=[18O])ON1C(=O)CCC1=O.[2H]C[15N](C)C(CC(C)C)[13C](=[18O])NC([2H])([2H])C(=O)ON1C(=O)CCC1=O. The van der Waals surface area contributed by atoms with E-state index in [1.54, 1.807) is 76.0 Å². The fourth-order valence-corrected chi connectivity index (χ4v) is 12.1. The first-order valence-corrected chi connectivity index (χ1v) is 43.2. The molecule has 6 aliphatic rings. The first-order valence-electron chi connectivity index (χ1n) is 48.6. The molecule has 0 aromatic heterocycles. The van der Waals surface area contributed by atoms with Gasteiger partial charge < -0.3 is 60.9 Å². The van der Waals surface area contributed by atoms with Crippen LogP contribution in [0.2, 0.25) is 0 Å². The number of nitrogens with one attached hydrogen (secondary N) is 6. The van der Waals surface area contributed by atoms with Crippen molar-refractivity contribution in [3.05, 3.63) is 0 Å². The number of imide groups is 6. The summed E-state index contributed by atoms with van der Waals surface area (Å²) >= 11 is 0. The summed E-state index contributed by atoms with van der Waals surface area (Å²) in [5.41, 5.74) is 0.